The smallest absolute Gasteiger partial charge is 0.140 e. The van der Waals surface area contributed by atoms with Crippen LogP contribution in [-0.4, -0.2) is 16.8 Å². The molecule has 80 valence electrons. The molecule has 0 fully saturated rings. The van der Waals surface area contributed by atoms with E-state index in [1.54, 1.807) is 0 Å². The Morgan fingerprint density at radius 3 is 2.53 bits per heavy atom. The van der Waals surface area contributed by atoms with Crippen molar-refractivity contribution in [3.05, 3.63) is 35.9 Å². The van der Waals surface area contributed by atoms with Gasteiger partial charge in [0, 0.05) is 13.0 Å². The van der Waals surface area contributed by atoms with E-state index in [1.165, 1.54) is 0 Å². The summed E-state index contributed by atoms with van der Waals surface area (Å²) in [4.78, 5) is 0. The zero-order valence-electron chi connectivity index (χ0n) is 8.69. The molecule has 0 aliphatic heterocycles. The van der Waals surface area contributed by atoms with Crippen molar-refractivity contribution in [2.75, 3.05) is 6.61 Å². The lowest BCUT2D eigenvalue weighted by Crippen LogP contribution is -1.92. The van der Waals surface area contributed by atoms with Crippen LogP contribution in [-0.2, 0) is 0 Å². The third-order valence-corrected chi connectivity index (χ3v) is 2.06. The zero-order valence-corrected chi connectivity index (χ0v) is 8.69. The lowest BCUT2D eigenvalue weighted by molar-refractivity contribution is 0.238. The molecule has 0 saturated heterocycles. The van der Waals surface area contributed by atoms with Crippen LogP contribution in [0, 0.1) is 11.8 Å². The second-order valence-corrected chi connectivity index (χ2v) is 3.32. The average Bonchev–Trinajstić information content (AvgIpc) is 2.30. The molecule has 0 aromatic heterocycles. The molecule has 0 saturated carbocycles. The van der Waals surface area contributed by atoms with Gasteiger partial charge in [-0.1, -0.05) is 36.3 Å². The highest BCUT2D eigenvalue weighted by Crippen LogP contribution is 2.10. The summed E-state index contributed by atoms with van der Waals surface area (Å²) in [6.45, 7) is 0.211. The Morgan fingerprint density at radius 2 is 1.87 bits per heavy atom. The molecule has 1 aromatic rings. The van der Waals surface area contributed by atoms with Crippen molar-refractivity contribution in [1.82, 2.24) is 0 Å². The van der Waals surface area contributed by atoms with Crippen molar-refractivity contribution in [3.8, 4) is 11.8 Å². The third kappa shape index (κ3) is 4.64. The Morgan fingerprint density at radius 1 is 1.13 bits per heavy atom. The minimum atomic E-state index is -0.694. The molecule has 0 bridgehead atoms. The predicted octanol–water partition coefficient (Wildman–Crippen LogP) is 1.89. The van der Waals surface area contributed by atoms with Gasteiger partial charge < -0.3 is 10.2 Å². The topological polar surface area (TPSA) is 40.5 Å². The normalized spacial score (nSPS) is 11.6. The number of benzene rings is 1. The first-order valence-electron chi connectivity index (χ1n) is 5.17. The summed E-state index contributed by atoms with van der Waals surface area (Å²) in [7, 11) is 0. The quantitative estimate of drug-likeness (QED) is 0.580. The molecule has 2 N–H and O–H groups in total. The van der Waals surface area contributed by atoms with Crippen molar-refractivity contribution in [2.45, 2.75) is 25.4 Å². The van der Waals surface area contributed by atoms with E-state index < -0.39 is 6.10 Å². The van der Waals surface area contributed by atoms with Gasteiger partial charge in [-0.2, -0.15) is 0 Å². The van der Waals surface area contributed by atoms with Crippen LogP contribution in [0.3, 0.4) is 0 Å². The summed E-state index contributed by atoms with van der Waals surface area (Å²) in [6, 6.07) is 9.38. The van der Waals surface area contributed by atoms with E-state index in [2.05, 4.69) is 11.8 Å². The summed E-state index contributed by atoms with van der Waals surface area (Å²) in [5, 5.41) is 18.2. The Labute approximate surface area is 90.6 Å². The Bertz CT molecular complexity index is 321. The molecule has 0 heterocycles. The minimum absolute atomic E-state index is 0.211. The van der Waals surface area contributed by atoms with E-state index in [0.717, 1.165) is 24.8 Å². The van der Waals surface area contributed by atoms with Gasteiger partial charge in [0.15, 0.2) is 0 Å². The molecule has 1 aromatic carbocycles. The minimum Gasteiger partial charge on any atom is -0.396 e. The summed E-state index contributed by atoms with van der Waals surface area (Å²) in [6.07, 6.45) is 1.69. The second-order valence-electron chi connectivity index (χ2n) is 3.32. The number of rotatable bonds is 4. The van der Waals surface area contributed by atoms with Crippen molar-refractivity contribution < 1.29 is 10.2 Å². The van der Waals surface area contributed by atoms with E-state index in [-0.39, 0.29) is 6.61 Å². The summed E-state index contributed by atoms with van der Waals surface area (Å²) in [5.74, 6) is 5.69. The van der Waals surface area contributed by atoms with Gasteiger partial charge in [-0.05, 0) is 18.4 Å². The largest absolute Gasteiger partial charge is 0.396 e. The van der Waals surface area contributed by atoms with Gasteiger partial charge in [-0.15, -0.1) is 5.92 Å². The van der Waals surface area contributed by atoms with Gasteiger partial charge in [-0.25, -0.2) is 0 Å². The van der Waals surface area contributed by atoms with Gasteiger partial charge >= 0.3 is 0 Å². The molecule has 0 spiro atoms. The first-order chi connectivity index (χ1) is 7.34. The highest BCUT2D eigenvalue weighted by molar-refractivity contribution is 5.24. The molecule has 2 nitrogen and oxygen atoms in total. The number of hydrogen-bond donors (Lipinski definition) is 2. The van der Waals surface area contributed by atoms with Crippen molar-refractivity contribution in [3.63, 3.8) is 0 Å². The molecule has 1 rings (SSSR count). The van der Waals surface area contributed by atoms with Crippen LogP contribution in [0.5, 0.6) is 0 Å². The molecular weight excluding hydrogens is 188 g/mol. The maximum absolute atomic E-state index is 9.65. The van der Waals surface area contributed by atoms with Crippen LogP contribution in [0.4, 0.5) is 0 Å². The van der Waals surface area contributed by atoms with Crippen LogP contribution in [0.25, 0.3) is 0 Å². The Hall–Kier alpha value is -1.30. The molecule has 0 amide bonds. The third-order valence-electron chi connectivity index (χ3n) is 2.06. The van der Waals surface area contributed by atoms with E-state index in [1.807, 2.05) is 30.3 Å². The van der Waals surface area contributed by atoms with Gasteiger partial charge in [0.25, 0.3) is 0 Å². The fraction of sp³-hybridized carbons (Fsp3) is 0.385. The molecular formula is C13H16O2. The lowest BCUT2D eigenvalue weighted by atomic mass is 10.1. The van der Waals surface area contributed by atoms with Gasteiger partial charge in [0.05, 0.1) is 0 Å². The fourth-order valence-electron chi connectivity index (χ4n) is 1.21. The first kappa shape index (κ1) is 11.8. The first-order valence-corrected chi connectivity index (χ1v) is 5.17. The molecule has 2 heteroatoms. The molecule has 0 aliphatic rings. The van der Waals surface area contributed by atoms with Crippen LogP contribution in [0.15, 0.2) is 30.3 Å². The standard InChI is InChI=1S/C13H16O2/c14-11-7-2-1-6-10-13(15)12-8-4-3-5-9-12/h3-5,8-9,13-15H,1-2,7,11H2. The summed E-state index contributed by atoms with van der Waals surface area (Å²) >= 11 is 0. The van der Waals surface area contributed by atoms with Crippen LogP contribution < -0.4 is 0 Å². The number of aliphatic hydroxyl groups is 2. The monoisotopic (exact) mass is 204 g/mol. The van der Waals surface area contributed by atoms with E-state index in [4.69, 9.17) is 5.11 Å². The van der Waals surface area contributed by atoms with E-state index in [0.29, 0.717) is 0 Å². The fourth-order valence-corrected chi connectivity index (χ4v) is 1.21. The van der Waals surface area contributed by atoms with Crippen molar-refractivity contribution >= 4 is 0 Å². The number of unbranched alkanes of at least 4 members (excludes halogenated alkanes) is 2. The van der Waals surface area contributed by atoms with Gasteiger partial charge in [0.2, 0.25) is 0 Å². The highest BCUT2D eigenvalue weighted by atomic mass is 16.3. The molecule has 1 unspecified atom stereocenters. The predicted molar refractivity (Wildman–Crippen MR) is 60.1 cm³/mol. The maximum atomic E-state index is 9.65. The lowest BCUT2D eigenvalue weighted by Gasteiger charge is -2.01. The Kier molecular flexibility index (Phi) is 5.54. The van der Waals surface area contributed by atoms with Crippen molar-refractivity contribution in [1.29, 1.82) is 0 Å². The maximum Gasteiger partial charge on any atom is 0.140 e. The van der Waals surface area contributed by atoms with E-state index >= 15 is 0 Å². The van der Waals surface area contributed by atoms with E-state index in [9.17, 15) is 5.11 Å². The van der Waals surface area contributed by atoms with Gasteiger partial charge in [0.1, 0.15) is 6.10 Å². The van der Waals surface area contributed by atoms with Crippen LogP contribution in [0.2, 0.25) is 0 Å². The average molecular weight is 204 g/mol. The van der Waals surface area contributed by atoms with Crippen molar-refractivity contribution in [2.24, 2.45) is 0 Å². The van der Waals surface area contributed by atoms with Crippen LogP contribution in [0.1, 0.15) is 30.9 Å². The number of hydrogen-bond acceptors (Lipinski definition) is 2. The highest BCUT2D eigenvalue weighted by Gasteiger charge is 2.00. The molecule has 0 aliphatic carbocycles. The summed E-state index contributed by atoms with van der Waals surface area (Å²) < 4.78 is 0. The molecule has 0 radical (unpaired) electrons. The number of aliphatic hydroxyl groups excluding tert-OH is 2. The zero-order chi connectivity index (χ0) is 10.9. The molecule has 1 atom stereocenters. The van der Waals surface area contributed by atoms with Gasteiger partial charge in [-0.3, -0.25) is 0 Å². The SMILES string of the molecule is OCCCCC#CC(O)c1ccccc1. The second kappa shape index (κ2) is 7.05. The molecule has 15 heavy (non-hydrogen) atoms. The Balaban J connectivity index is 2.38. The van der Waals surface area contributed by atoms with Crippen LogP contribution >= 0.6 is 0 Å². The summed E-state index contributed by atoms with van der Waals surface area (Å²) in [5.41, 5.74) is 0.826.